The Bertz CT molecular complexity index is 105. The van der Waals surface area contributed by atoms with Crippen LogP contribution in [0.1, 0.15) is 25.7 Å². The molecule has 2 rings (SSSR count). The van der Waals surface area contributed by atoms with Crippen LogP contribution in [-0.4, -0.2) is 11.8 Å². The fraction of sp³-hybridized carbons (Fsp3) is 1.00. The van der Waals surface area contributed by atoms with Crippen LogP contribution in [0.3, 0.4) is 0 Å². The highest BCUT2D eigenvalue weighted by Crippen LogP contribution is 2.37. The fourth-order valence-corrected chi connectivity index (χ4v) is 1.73. The highest BCUT2D eigenvalue weighted by Gasteiger charge is 2.44. The van der Waals surface area contributed by atoms with E-state index in [0.717, 1.165) is 25.7 Å². The Labute approximate surface area is 48.3 Å². The lowest BCUT2D eigenvalue weighted by Crippen LogP contribution is -2.30. The van der Waals surface area contributed by atoms with Crippen molar-refractivity contribution in [3.63, 3.8) is 0 Å². The molecule has 8 heavy (non-hydrogen) atoms. The van der Waals surface area contributed by atoms with Gasteiger partial charge in [0, 0.05) is 6.04 Å². The van der Waals surface area contributed by atoms with Crippen LogP contribution in [0.5, 0.6) is 0 Å². The van der Waals surface area contributed by atoms with E-state index in [0.29, 0.717) is 6.04 Å². The zero-order valence-corrected chi connectivity index (χ0v) is 4.78. The molecule has 2 bridgehead atoms. The van der Waals surface area contributed by atoms with Crippen LogP contribution < -0.4 is 5.32 Å². The zero-order valence-electron chi connectivity index (χ0n) is 4.78. The van der Waals surface area contributed by atoms with E-state index >= 15 is 0 Å². The molecule has 0 saturated carbocycles. The van der Waals surface area contributed by atoms with Crippen molar-refractivity contribution >= 4 is 0 Å². The average molecular weight is 115 g/mol. The quantitative estimate of drug-likeness (QED) is 0.468. The van der Waals surface area contributed by atoms with E-state index in [1.165, 1.54) is 0 Å². The summed E-state index contributed by atoms with van der Waals surface area (Å²) in [6.07, 6.45) is 3.60. The molecule has 0 amide bonds. The standard InChI is InChI=1S/C6H10FN/c7-6-3-1-5(8-6)2-4-6/h5,8H,1-4H2. The van der Waals surface area contributed by atoms with Gasteiger partial charge in [-0.25, -0.2) is 4.39 Å². The van der Waals surface area contributed by atoms with Crippen molar-refractivity contribution in [2.75, 3.05) is 0 Å². The van der Waals surface area contributed by atoms with E-state index in [1.807, 2.05) is 0 Å². The molecule has 2 fully saturated rings. The van der Waals surface area contributed by atoms with Gasteiger partial charge in [-0.3, -0.25) is 5.32 Å². The molecule has 2 saturated heterocycles. The SMILES string of the molecule is FC12CCC(CC1)N2. The van der Waals surface area contributed by atoms with Crippen molar-refractivity contribution < 1.29 is 4.39 Å². The molecule has 2 heteroatoms. The summed E-state index contributed by atoms with van der Waals surface area (Å²) in [7, 11) is 0. The number of hydrogen-bond acceptors (Lipinski definition) is 1. The lowest BCUT2D eigenvalue weighted by Gasteiger charge is -2.13. The maximum Gasteiger partial charge on any atom is 0.162 e. The topological polar surface area (TPSA) is 12.0 Å². The van der Waals surface area contributed by atoms with E-state index in [1.54, 1.807) is 0 Å². The van der Waals surface area contributed by atoms with Gasteiger partial charge in [0.25, 0.3) is 0 Å². The summed E-state index contributed by atoms with van der Waals surface area (Å²) in [4.78, 5) is 0. The second kappa shape index (κ2) is 1.24. The van der Waals surface area contributed by atoms with E-state index in [-0.39, 0.29) is 0 Å². The largest absolute Gasteiger partial charge is 0.282 e. The van der Waals surface area contributed by atoms with Gasteiger partial charge in [0.2, 0.25) is 0 Å². The molecule has 0 atom stereocenters. The summed E-state index contributed by atoms with van der Waals surface area (Å²) in [5, 5.41) is 2.94. The lowest BCUT2D eigenvalue weighted by atomic mass is 9.99. The molecule has 46 valence electrons. The molecule has 2 aliphatic rings. The van der Waals surface area contributed by atoms with E-state index in [2.05, 4.69) is 5.32 Å². The monoisotopic (exact) mass is 115 g/mol. The second-order valence-corrected chi connectivity index (χ2v) is 2.88. The van der Waals surface area contributed by atoms with Crippen LogP contribution in [0.15, 0.2) is 0 Å². The van der Waals surface area contributed by atoms with Crippen LogP contribution in [0.2, 0.25) is 0 Å². The van der Waals surface area contributed by atoms with Gasteiger partial charge in [-0.2, -0.15) is 0 Å². The van der Waals surface area contributed by atoms with Crippen LogP contribution in [0.25, 0.3) is 0 Å². The molecule has 2 aliphatic heterocycles. The molecule has 2 heterocycles. The van der Waals surface area contributed by atoms with Gasteiger partial charge in [-0.15, -0.1) is 0 Å². The first kappa shape index (κ1) is 4.74. The Morgan fingerprint density at radius 2 is 2.00 bits per heavy atom. The number of rotatable bonds is 0. The van der Waals surface area contributed by atoms with E-state index in [9.17, 15) is 4.39 Å². The number of fused-ring (bicyclic) bond motifs is 2. The van der Waals surface area contributed by atoms with Crippen molar-refractivity contribution in [1.82, 2.24) is 5.32 Å². The minimum Gasteiger partial charge on any atom is -0.282 e. The third-order valence-corrected chi connectivity index (χ3v) is 2.24. The van der Waals surface area contributed by atoms with Crippen molar-refractivity contribution in [1.29, 1.82) is 0 Å². The predicted molar refractivity (Wildman–Crippen MR) is 29.2 cm³/mol. The number of nitrogens with one attached hydrogen (secondary N) is 1. The second-order valence-electron chi connectivity index (χ2n) is 2.88. The Morgan fingerprint density at radius 3 is 2.12 bits per heavy atom. The first-order valence-corrected chi connectivity index (χ1v) is 3.25. The third-order valence-electron chi connectivity index (χ3n) is 2.24. The van der Waals surface area contributed by atoms with Gasteiger partial charge in [-0.05, 0) is 25.7 Å². The van der Waals surface area contributed by atoms with Crippen molar-refractivity contribution in [2.45, 2.75) is 37.5 Å². The third kappa shape index (κ3) is 0.494. The Morgan fingerprint density at radius 1 is 1.38 bits per heavy atom. The molecule has 0 radical (unpaired) electrons. The molecule has 0 aromatic rings. The molecule has 0 aromatic heterocycles. The maximum atomic E-state index is 13.0. The number of hydrogen-bond donors (Lipinski definition) is 1. The highest BCUT2D eigenvalue weighted by atomic mass is 19.1. The molecule has 1 N–H and O–H groups in total. The average Bonchev–Trinajstić information content (AvgIpc) is 2.21. The minimum atomic E-state index is -0.940. The van der Waals surface area contributed by atoms with Crippen LogP contribution >= 0.6 is 0 Å². The number of alkyl halides is 1. The summed E-state index contributed by atoms with van der Waals surface area (Å²) < 4.78 is 13.0. The predicted octanol–water partition coefficient (Wildman–Crippen LogP) is 1.20. The Balaban J connectivity index is 2.19. The van der Waals surface area contributed by atoms with Crippen molar-refractivity contribution in [3.05, 3.63) is 0 Å². The fourth-order valence-electron chi connectivity index (χ4n) is 1.73. The van der Waals surface area contributed by atoms with Crippen LogP contribution in [0.4, 0.5) is 4.39 Å². The minimum absolute atomic E-state index is 0.514. The summed E-state index contributed by atoms with van der Waals surface area (Å²) in [6, 6.07) is 0.514. The normalized spacial score (nSPS) is 52.9. The Hall–Kier alpha value is -0.110. The van der Waals surface area contributed by atoms with Gasteiger partial charge < -0.3 is 0 Å². The van der Waals surface area contributed by atoms with Gasteiger partial charge in [0.1, 0.15) is 0 Å². The summed E-state index contributed by atoms with van der Waals surface area (Å²) in [5.74, 6) is -0.940. The van der Waals surface area contributed by atoms with Crippen LogP contribution in [0, 0.1) is 0 Å². The molecule has 0 aliphatic carbocycles. The highest BCUT2D eigenvalue weighted by molar-refractivity contribution is 4.96. The molecule has 0 unspecified atom stereocenters. The summed E-state index contributed by atoms with van der Waals surface area (Å²) in [6.45, 7) is 0. The van der Waals surface area contributed by atoms with Crippen LogP contribution in [-0.2, 0) is 0 Å². The Kier molecular flexibility index (Phi) is 0.734. The maximum absolute atomic E-state index is 13.0. The molecular formula is C6H10FN. The molecule has 0 aromatic carbocycles. The zero-order chi connectivity index (χ0) is 5.61. The first-order chi connectivity index (χ1) is 3.79. The van der Waals surface area contributed by atoms with E-state index in [4.69, 9.17) is 0 Å². The number of halogens is 1. The molecule has 1 nitrogen and oxygen atoms in total. The summed E-state index contributed by atoms with van der Waals surface area (Å²) in [5.41, 5.74) is 0. The van der Waals surface area contributed by atoms with Gasteiger partial charge >= 0.3 is 0 Å². The first-order valence-electron chi connectivity index (χ1n) is 3.25. The van der Waals surface area contributed by atoms with E-state index < -0.39 is 5.79 Å². The summed E-state index contributed by atoms with van der Waals surface area (Å²) >= 11 is 0. The van der Waals surface area contributed by atoms with Crippen molar-refractivity contribution in [3.8, 4) is 0 Å². The molecule has 0 spiro atoms. The van der Waals surface area contributed by atoms with Gasteiger partial charge in [-0.1, -0.05) is 0 Å². The van der Waals surface area contributed by atoms with Crippen molar-refractivity contribution in [2.24, 2.45) is 0 Å². The lowest BCUT2D eigenvalue weighted by molar-refractivity contribution is 0.152. The smallest absolute Gasteiger partial charge is 0.162 e. The molecular weight excluding hydrogens is 105 g/mol. The van der Waals surface area contributed by atoms with Gasteiger partial charge in [0.15, 0.2) is 5.79 Å². The van der Waals surface area contributed by atoms with Gasteiger partial charge in [0.05, 0.1) is 0 Å².